The van der Waals surface area contributed by atoms with Crippen LogP contribution in [-0.4, -0.2) is 24.0 Å². The predicted molar refractivity (Wildman–Crippen MR) is 49.7 cm³/mol. The minimum Gasteiger partial charge on any atom is -0.300 e. The molecule has 0 aliphatic carbocycles. The zero-order valence-corrected chi connectivity index (χ0v) is 8.14. The Morgan fingerprint density at radius 3 is 1.91 bits per heavy atom. The maximum absolute atomic E-state index is 2.63. The van der Waals surface area contributed by atoms with Gasteiger partial charge in [-0.2, -0.15) is 0 Å². The van der Waals surface area contributed by atoms with Crippen molar-refractivity contribution in [3.8, 4) is 0 Å². The van der Waals surface area contributed by atoms with Gasteiger partial charge in [-0.15, -0.1) is 0 Å². The standard InChI is InChI=1S/C10H21N/c1-9(2)10(3)11-7-5-4-6-8-11/h9-10H,4-8H2,1-3H3. The minimum absolute atomic E-state index is 0.787. The molecule has 0 aromatic heterocycles. The van der Waals surface area contributed by atoms with E-state index in [1.54, 1.807) is 0 Å². The molecule has 0 bridgehead atoms. The van der Waals surface area contributed by atoms with E-state index in [1.807, 2.05) is 0 Å². The normalized spacial score (nSPS) is 24.0. The molecule has 1 aliphatic heterocycles. The predicted octanol–water partition coefficient (Wildman–Crippen LogP) is 2.52. The number of nitrogens with zero attached hydrogens (tertiary/aromatic N) is 1. The highest BCUT2D eigenvalue weighted by molar-refractivity contribution is 4.73. The van der Waals surface area contributed by atoms with Crippen molar-refractivity contribution in [2.75, 3.05) is 13.1 Å². The molecule has 1 heterocycles. The van der Waals surface area contributed by atoms with Gasteiger partial charge in [-0.25, -0.2) is 0 Å². The molecule has 0 amide bonds. The first-order chi connectivity index (χ1) is 5.22. The Balaban J connectivity index is 2.32. The Labute approximate surface area is 70.8 Å². The molecule has 1 heteroatoms. The van der Waals surface area contributed by atoms with Gasteiger partial charge in [-0.1, -0.05) is 20.3 Å². The van der Waals surface area contributed by atoms with Gasteiger partial charge < -0.3 is 4.90 Å². The van der Waals surface area contributed by atoms with E-state index in [1.165, 1.54) is 32.4 Å². The van der Waals surface area contributed by atoms with Crippen LogP contribution in [0.4, 0.5) is 0 Å². The van der Waals surface area contributed by atoms with Gasteiger partial charge in [0.2, 0.25) is 0 Å². The average Bonchev–Trinajstić information content (AvgIpc) is 2.05. The fourth-order valence-corrected chi connectivity index (χ4v) is 1.75. The molecule has 0 saturated carbocycles. The molecule has 0 spiro atoms. The molecular formula is C10H21N. The van der Waals surface area contributed by atoms with E-state index < -0.39 is 0 Å². The summed E-state index contributed by atoms with van der Waals surface area (Å²) in [6.45, 7) is 9.66. The van der Waals surface area contributed by atoms with Crippen LogP contribution in [0.3, 0.4) is 0 Å². The first kappa shape index (κ1) is 9.05. The van der Waals surface area contributed by atoms with Gasteiger partial charge in [0.15, 0.2) is 0 Å². The van der Waals surface area contributed by atoms with E-state index in [9.17, 15) is 0 Å². The number of hydrogen-bond donors (Lipinski definition) is 0. The molecule has 1 nitrogen and oxygen atoms in total. The lowest BCUT2D eigenvalue weighted by molar-refractivity contribution is 0.140. The first-order valence-electron chi connectivity index (χ1n) is 4.96. The Bertz CT molecular complexity index is 103. The van der Waals surface area contributed by atoms with E-state index in [-0.39, 0.29) is 0 Å². The molecule has 0 aromatic carbocycles. The van der Waals surface area contributed by atoms with E-state index in [4.69, 9.17) is 0 Å². The second-order valence-corrected chi connectivity index (χ2v) is 4.08. The third-order valence-corrected chi connectivity index (χ3v) is 2.93. The molecule has 1 saturated heterocycles. The minimum atomic E-state index is 0.787. The van der Waals surface area contributed by atoms with E-state index in [0.717, 1.165) is 12.0 Å². The van der Waals surface area contributed by atoms with Crippen molar-refractivity contribution < 1.29 is 0 Å². The zero-order valence-electron chi connectivity index (χ0n) is 8.14. The maximum Gasteiger partial charge on any atom is 0.00899 e. The van der Waals surface area contributed by atoms with Gasteiger partial charge in [0.1, 0.15) is 0 Å². The van der Waals surface area contributed by atoms with Gasteiger partial charge in [-0.05, 0) is 38.8 Å². The van der Waals surface area contributed by atoms with Crippen molar-refractivity contribution in [3.63, 3.8) is 0 Å². The summed E-state index contributed by atoms with van der Waals surface area (Å²) in [6, 6.07) is 0.787. The molecule has 1 aliphatic rings. The molecule has 0 radical (unpaired) electrons. The third-order valence-electron chi connectivity index (χ3n) is 2.93. The van der Waals surface area contributed by atoms with Crippen molar-refractivity contribution in [1.29, 1.82) is 0 Å². The Morgan fingerprint density at radius 1 is 0.909 bits per heavy atom. The summed E-state index contributed by atoms with van der Waals surface area (Å²) >= 11 is 0. The molecule has 0 N–H and O–H groups in total. The number of rotatable bonds is 2. The maximum atomic E-state index is 2.63. The molecule has 11 heavy (non-hydrogen) atoms. The Kier molecular flexibility index (Phi) is 3.38. The quantitative estimate of drug-likeness (QED) is 0.592. The highest BCUT2D eigenvalue weighted by Crippen LogP contribution is 2.16. The highest BCUT2D eigenvalue weighted by atomic mass is 15.2. The summed E-state index contributed by atoms with van der Waals surface area (Å²) in [4.78, 5) is 2.63. The summed E-state index contributed by atoms with van der Waals surface area (Å²) in [5, 5.41) is 0. The summed E-state index contributed by atoms with van der Waals surface area (Å²) in [6.07, 6.45) is 4.27. The number of likely N-dealkylation sites (tertiary alicyclic amines) is 1. The highest BCUT2D eigenvalue weighted by Gasteiger charge is 2.18. The van der Waals surface area contributed by atoms with Gasteiger partial charge in [0, 0.05) is 6.04 Å². The molecular weight excluding hydrogens is 134 g/mol. The van der Waals surface area contributed by atoms with Gasteiger partial charge in [-0.3, -0.25) is 0 Å². The van der Waals surface area contributed by atoms with E-state index in [0.29, 0.717) is 0 Å². The fourth-order valence-electron chi connectivity index (χ4n) is 1.75. The number of hydrogen-bond acceptors (Lipinski definition) is 1. The Morgan fingerprint density at radius 2 is 1.45 bits per heavy atom. The molecule has 0 aromatic rings. The second kappa shape index (κ2) is 4.10. The monoisotopic (exact) mass is 155 g/mol. The molecule has 1 atom stereocenters. The van der Waals surface area contributed by atoms with Crippen LogP contribution in [-0.2, 0) is 0 Å². The lowest BCUT2D eigenvalue weighted by atomic mass is 10.0. The molecule has 1 fully saturated rings. The lowest BCUT2D eigenvalue weighted by Gasteiger charge is -2.34. The second-order valence-electron chi connectivity index (χ2n) is 4.08. The van der Waals surface area contributed by atoms with E-state index >= 15 is 0 Å². The Hall–Kier alpha value is -0.0400. The van der Waals surface area contributed by atoms with Gasteiger partial charge >= 0.3 is 0 Å². The summed E-state index contributed by atoms with van der Waals surface area (Å²) < 4.78 is 0. The van der Waals surface area contributed by atoms with Crippen LogP contribution in [0.5, 0.6) is 0 Å². The van der Waals surface area contributed by atoms with Gasteiger partial charge in [0.05, 0.1) is 0 Å². The van der Waals surface area contributed by atoms with Crippen molar-refractivity contribution in [2.24, 2.45) is 5.92 Å². The third kappa shape index (κ3) is 2.48. The van der Waals surface area contributed by atoms with Crippen LogP contribution >= 0.6 is 0 Å². The zero-order chi connectivity index (χ0) is 8.27. The van der Waals surface area contributed by atoms with E-state index in [2.05, 4.69) is 25.7 Å². The van der Waals surface area contributed by atoms with Crippen LogP contribution in [0.25, 0.3) is 0 Å². The van der Waals surface area contributed by atoms with Crippen LogP contribution in [0.2, 0.25) is 0 Å². The largest absolute Gasteiger partial charge is 0.300 e. The van der Waals surface area contributed by atoms with Crippen LogP contribution in [0, 0.1) is 5.92 Å². The smallest absolute Gasteiger partial charge is 0.00899 e. The summed E-state index contributed by atoms with van der Waals surface area (Å²) in [5.74, 6) is 0.813. The van der Waals surface area contributed by atoms with Crippen molar-refractivity contribution >= 4 is 0 Å². The van der Waals surface area contributed by atoms with Crippen molar-refractivity contribution in [1.82, 2.24) is 4.90 Å². The average molecular weight is 155 g/mol. The van der Waals surface area contributed by atoms with Gasteiger partial charge in [0.25, 0.3) is 0 Å². The van der Waals surface area contributed by atoms with Crippen LogP contribution < -0.4 is 0 Å². The molecule has 1 rings (SSSR count). The van der Waals surface area contributed by atoms with Crippen LogP contribution in [0.15, 0.2) is 0 Å². The molecule has 66 valence electrons. The topological polar surface area (TPSA) is 3.24 Å². The fraction of sp³-hybridized carbons (Fsp3) is 1.00. The molecule has 1 unspecified atom stereocenters. The SMILES string of the molecule is CC(C)C(C)N1CCCCC1. The first-order valence-corrected chi connectivity index (χ1v) is 4.96. The summed E-state index contributed by atoms with van der Waals surface area (Å²) in [7, 11) is 0. The van der Waals surface area contributed by atoms with Crippen molar-refractivity contribution in [3.05, 3.63) is 0 Å². The number of piperidine rings is 1. The summed E-state index contributed by atoms with van der Waals surface area (Å²) in [5.41, 5.74) is 0. The van der Waals surface area contributed by atoms with Crippen LogP contribution in [0.1, 0.15) is 40.0 Å². The van der Waals surface area contributed by atoms with Crippen molar-refractivity contribution in [2.45, 2.75) is 46.1 Å². The lowest BCUT2D eigenvalue weighted by Crippen LogP contribution is -2.40.